The molecule has 0 saturated heterocycles. The van der Waals surface area contributed by atoms with Gasteiger partial charge in [-0.15, -0.1) is 11.4 Å². The Labute approximate surface area is 525 Å². The Morgan fingerprint density at radius 3 is 1.51 bits per heavy atom. The van der Waals surface area contributed by atoms with Gasteiger partial charge >= 0.3 is 17.1 Å². The van der Waals surface area contributed by atoms with E-state index in [0.717, 1.165) is 161 Å². The van der Waals surface area contributed by atoms with Crippen molar-refractivity contribution < 1.29 is 118 Å². The maximum Gasteiger partial charge on any atom is 3.00 e. The Morgan fingerprint density at radius 1 is 0.544 bits per heavy atom. The van der Waals surface area contributed by atoms with Gasteiger partial charge in [-0.3, -0.25) is 4.79 Å². The van der Waals surface area contributed by atoms with Crippen LogP contribution in [-0.2, 0) is 36.0 Å². The van der Waals surface area contributed by atoms with Crippen LogP contribution in [0.15, 0.2) is 190 Å². The number of halogens is 3. The fraction of sp³-hybridized carbons (Fsp3) is 0.283. The first-order valence-electron chi connectivity index (χ1n) is 26.0. The van der Waals surface area contributed by atoms with E-state index < -0.39 is 6.09 Å². The number of nitrogens with zero attached hydrogens (tertiary/aromatic N) is 7. The third-order valence-corrected chi connectivity index (χ3v) is 13.2. The smallest absolute Gasteiger partial charge is 1.00 e. The molecule has 4 N–H and O–H groups in total. The summed E-state index contributed by atoms with van der Waals surface area (Å²) in [6.45, 7) is 4.97. The molecule has 2 amide bonds. The van der Waals surface area contributed by atoms with Crippen LogP contribution in [0.2, 0.25) is 0 Å². The first-order chi connectivity index (χ1) is 36.7. The molecule has 0 spiro atoms. The molecule has 9 rings (SSSR count). The number of pyridine rings is 2. The minimum atomic E-state index is -1.23. The van der Waals surface area contributed by atoms with Crippen molar-refractivity contribution in [2.24, 2.45) is 29.1 Å². The first-order valence-corrected chi connectivity index (χ1v) is 26.0. The van der Waals surface area contributed by atoms with E-state index in [1.165, 1.54) is 0 Å². The standard InChI is InChI=1S/C60H65N11O4.3HI.Mn/c1-69-35-23-43(24-36-69)57-49-17-15-47(65-49)56(42-11-13-46(14-12-42)75-41-7-4-10-55(72)63-33-8-31-61-29-5-6-30-62-32-9-34-64-60(73)74)48-16-18-50(66-48)58(44-25-37-70(2)38-26-44)52-20-22-54(68-52)59(53-21-19-51(57)67-53)45-27-39-71(3)40-28-45;;;;/h11-28,35-40,61-62,64H,4-10,29-34,41H2,1-3H3,(H-2,63,65,66,67,68,72,73,74);3*1H;/q;;;;+3/p-3. The van der Waals surface area contributed by atoms with Crippen molar-refractivity contribution in [1.29, 1.82) is 0 Å². The Kier molecular flexibility index (Phi) is 26.1. The number of carbonyl (C=O) groups is 2. The van der Waals surface area contributed by atoms with Crippen LogP contribution in [-0.4, -0.2) is 87.0 Å². The Hall–Kier alpha value is -5.56. The van der Waals surface area contributed by atoms with Gasteiger partial charge in [0.05, 0.1) is 40.8 Å². The van der Waals surface area contributed by atoms with E-state index in [-0.39, 0.29) is 94.9 Å². The molecule has 0 aliphatic carbocycles. The minimum Gasteiger partial charge on any atom is -1.00 e. The van der Waals surface area contributed by atoms with E-state index in [4.69, 9.17) is 24.7 Å². The second-order valence-electron chi connectivity index (χ2n) is 18.9. The number of allylic oxidation sites excluding steroid dienone is 11. The number of benzene rings is 1. The molecule has 0 saturated carbocycles. The molecule has 5 aliphatic rings. The van der Waals surface area contributed by atoms with E-state index in [2.05, 4.69) is 118 Å². The summed E-state index contributed by atoms with van der Waals surface area (Å²) in [5.74, 6) is 0.802. The number of unbranched alkanes of at least 4 members (excludes halogenated alkanes) is 2. The van der Waals surface area contributed by atoms with Gasteiger partial charge in [-0.25, -0.2) is 24.1 Å². The van der Waals surface area contributed by atoms with Crippen LogP contribution in [0, 0.1) is 0 Å². The van der Waals surface area contributed by atoms with Crippen LogP contribution >= 0.6 is 0 Å². The average Bonchev–Trinajstić information content (AvgIpc) is 4.27. The van der Waals surface area contributed by atoms with E-state index in [9.17, 15) is 14.7 Å². The summed E-state index contributed by atoms with van der Waals surface area (Å²) in [5.41, 5.74) is 14.0. The summed E-state index contributed by atoms with van der Waals surface area (Å²) in [5, 5.41) is 22.4. The number of hydrogen-bond acceptors (Lipinski definition) is 10. The zero-order valence-corrected chi connectivity index (χ0v) is 52.2. The number of aromatic nitrogens is 3. The minimum absolute atomic E-state index is 0. The maximum absolute atomic E-state index is 12.6. The van der Waals surface area contributed by atoms with Gasteiger partial charge in [0.25, 0.3) is 0 Å². The van der Waals surface area contributed by atoms with Crippen LogP contribution in [0.3, 0.4) is 0 Å². The van der Waals surface area contributed by atoms with Crippen molar-refractivity contribution in [3.63, 3.8) is 0 Å². The van der Waals surface area contributed by atoms with Crippen LogP contribution < -0.4 is 117 Å². The molecule has 0 radical (unpaired) electrons. The van der Waals surface area contributed by atoms with Crippen molar-refractivity contribution >= 4 is 45.9 Å². The molecule has 0 unspecified atom stereocenters. The van der Waals surface area contributed by atoms with Gasteiger partial charge in [0.2, 0.25) is 5.91 Å². The number of nitrogens with one attached hydrogen (secondary N) is 4. The third-order valence-electron chi connectivity index (χ3n) is 13.2. The largest absolute Gasteiger partial charge is 3.00 e. The van der Waals surface area contributed by atoms with Gasteiger partial charge in [0.15, 0.2) is 24.8 Å². The van der Waals surface area contributed by atoms with Gasteiger partial charge in [-0.05, 0) is 159 Å². The van der Waals surface area contributed by atoms with Gasteiger partial charge in [-0.2, -0.15) is 0 Å². The topological polar surface area (TPSA) is 177 Å². The first kappa shape index (κ1) is 64.3. The number of amides is 2. The summed E-state index contributed by atoms with van der Waals surface area (Å²) < 4.78 is 10.3. The van der Waals surface area contributed by atoms with Crippen molar-refractivity contribution in [3.8, 4) is 5.75 Å². The number of carboxylic acid groups (broad SMARTS) is 1. The van der Waals surface area contributed by atoms with E-state index in [0.29, 0.717) is 26.1 Å². The van der Waals surface area contributed by atoms with E-state index in [1.807, 2.05) is 84.5 Å². The fourth-order valence-corrected chi connectivity index (χ4v) is 9.25. The Bertz CT molecular complexity index is 3150. The molecule has 8 heterocycles. The summed E-state index contributed by atoms with van der Waals surface area (Å²) in [7, 11) is 6.04. The average molecular weight is 1440 g/mol. The van der Waals surface area contributed by atoms with Gasteiger partial charge in [0, 0.05) is 74.4 Å². The zero-order valence-electron chi connectivity index (χ0n) is 44.5. The summed E-state index contributed by atoms with van der Waals surface area (Å²) in [6.07, 6.45) is 33.4. The molecule has 0 fully saturated rings. The molecule has 5 aliphatic heterocycles. The van der Waals surface area contributed by atoms with Crippen LogP contribution in [0.5, 0.6) is 5.75 Å². The summed E-state index contributed by atoms with van der Waals surface area (Å²) in [6, 6.07) is 20.7. The molecule has 0 atom stereocenters. The Morgan fingerprint density at radius 2 is 1.00 bits per heavy atom. The van der Waals surface area contributed by atoms with Crippen molar-refractivity contribution in [2.75, 3.05) is 52.9 Å². The third kappa shape index (κ3) is 17.5. The monoisotopic (exact) mass is 1440 g/mol. The predicted molar refractivity (Wildman–Crippen MR) is 293 cm³/mol. The zero-order chi connectivity index (χ0) is 51.9. The second-order valence-corrected chi connectivity index (χ2v) is 18.9. The molecular weight excluding hydrogens is 1370 g/mol. The van der Waals surface area contributed by atoms with Crippen LogP contribution in [0.4, 0.5) is 4.79 Å². The quantitative estimate of drug-likeness (QED) is 0.0277. The molecular formula is C60H65I3MnN11O4. The summed E-state index contributed by atoms with van der Waals surface area (Å²) in [4.78, 5) is 46.6. The van der Waals surface area contributed by atoms with Gasteiger partial charge in [0.1, 0.15) is 25.9 Å². The second kappa shape index (κ2) is 32.0. The molecule has 412 valence electrons. The van der Waals surface area contributed by atoms with Crippen molar-refractivity contribution in [3.05, 3.63) is 203 Å². The molecule has 19 heteroatoms. The number of aryl methyl sites for hydroxylation is 2. The normalized spacial score (nSPS) is 14.8. The number of ether oxygens (including phenoxy) is 1. The number of hydrogen-bond donors (Lipinski definition) is 4. The fourth-order valence-electron chi connectivity index (χ4n) is 9.25. The molecule has 8 bridgehead atoms. The van der Waals surface area contributed by atoms with Gasteiger partial charge < -0.3 is 118 Å². The molecule has 1 aromatic carbocycles. The molecule has 3 aromatic heterocycles. The number of aliphatic imine (C=N–C) groups is 3. The van der Waals surface area contributed by atoms with E-state index >= 15 is 0 Å². The molecule has 4 aromatic rings. The predicted octanol–water partition coefficient (Wildman–Crippen LogP) is -3.11. The molecule has 15 nitrogen and oxygen atoms in total. The van der Waals surface area contributed by atoms with Gasteiger partial charge in [-0.1, -0.05) is 24.3 Å². The SMILES string of the molecule is CN1C=CC(=C2C3=NC(=C(c4ccc(OCCCCC(=O)NCCCNCCCCNCCCNC(=O)[O-])cc4)C4=NC(=C(c5cc[n+](C)cc5)c5ccc([n-]5)C(c5cc[n+](C)cc5)=C5C=CC2=N5)C=C4)C=C3)C=C1.[I-].[I-].[I-].[Mn+3]. The molecule has 79 heavy (non-hydrogen) atoms. The maximum atomic E-state index is 12.6. The van der Waals surface area contributed by atoms with Crippen molar-refractivity contribution in [2.45, 2.75) is 44.9 Å². The van der Waals surface area contributed by atoms with Crippen molar-refractivity contribution in [1.82, 2.24) is 31.2 Å². The summed E-state index contributed by atoms with van der Waals surface area (Å²) >= 11 is 0. The van der Waals surface area contributed by atoms with E-state index in [1.54, 1.807) is 0 Å². The van der Waals surface area contributed by atoms with Crippen LogP contribution in [0.25, 0.3) is 16.7 Å². The number of fused-ring (bicyclic) bond motifs is 5. The Balaban J connectivity index is 0.00000287. The number of rotatable bonds is 22. The number of carbonyl (C=O) groups excluding carboxylic acids is 2. The van der Waals surface area contributed by atoms with Crippen LogP contribution in [0.1, 0.15) is 73.0 Å².